The predicted octanol–water partition coefficient (Wildman–Crippen LogP) is -0.553. The molecule has 0 aromatic carbocycles. The molecule has 0 amide bonds. The molecule has 0 unspecified atom stereocenters. The van der Waals surface area contributed by atoms with Gasteiger partial charge in [0.25, 0.3) is 0 Å². The molecule has 0 saturated carbocycles. The van der Waals surface area contributed by atoms with Crippen LogP contribution in [0.3, 0.4) is 0 Å². The summed E-state index contributed by atoms with van der Waals surface area (Å²) in [6.45, 7) is -5.10. The van der Waals surface area contributed by atoms with Gasteiger partial charge in [0, 0.05) is 11.2 Å². The summed E-state index contributed by atoms with van der Waals surface area (Å²) in [5, 5.41) is -0.638. The van der Waals surface area contributed by atoms with Crippen LogP contribution < -0.4 is 56.8 Å². The van der Waals surface area contributed by atoms with Crippen LogP contribution >= 0.6 is 23.2 Å². The maximum atomic E-state index is 12.1. The third kappa shape index (κ3) is 4.07. The Morgan fingerprint density at radius 3 is 2.15 bits per heavy atom. The first-order chi connectivity index (χ1) is 5.41. The van der Waals surface area contributed by atoms with Crippen molar-refractivity contribution in [3.05, 3.63) is 22.4 Å². The van der Waals surface area contributed by atoms with Crippen molar-refractivity contribution < 1.29 is 64.3 Å². The minimum atomic E-state index is -5.10. The number of nitrogens with zero attached hydrogens (tertiary/aromatic N) is 1. The van der Waals surface area contributed by atoms with E-state index in [1.54, 1.807) is 0 Å². The number of hydrogen-bond donors (Lipinski definition) is 0. The molecule has 0 aliphatic carbocycles. The maximum Gasteiger partial charge on any atom is 1.00 e. The molecule has 0 fully saturated rings. The van der Waals surface area contributed by atoms with Crippen molar-refractivity contribution in [3.63, 3.8) is 0 Å². The Balaban J connectivity index is 0.00000144. The van der Waals surface area contributed by atoms with Crippen LogP contribution in [0.5, 0.6) is 0 Å². The van der Waals surface area contributed by atoms with Crippen molar-refractivity contribution in [1.82, 2.24) is 4.98 Å². The van der Waals surface area contributed by atoms with E-state index in [9.17, 15) is 12.9 Å². The Labute approximate surface area is 125 Å². The fourth-order valence-electron chi connectivity index (χ4n) is 0.678. The Bertz CT molecular complexity index is 306. The summed E-state index contributed by atoms with van der Waals surface area (Å²) in [5.74, 6) is 0. The van der Waals surface area contributed by atoms with E-state index in [1.807, 2.05) is 0 Å². The van der Waals surface area contributed by atoms with E-state index >= 15 is 0 Å². The van der Waals surface area contributed by atoms with Gasteiger partial charge >= 0.3 is 58.4 Å². The summed E-state index contributed by atoms with van der Waals surface area (Å²) in [5.41, 5.74) is -0.906. The monoisotopic (exact) mass is 253 g/mol. The van der Waals surface area contributed by atoms with Crippen molar-refractivity contribution in [3.8, 4) is 0 Å². The third-order valence-electron chi connectivity index (χ3n) is 1.20. The molecular weight excluding hydrogens is 252 g/mol. The van der Waals surface area contributed by atoms with Crippen molar-refractivity contribution in [2.45, 2.75) is 0 Å². The first kappa shape index (κ1) is 14.2. The quantitative estimate of drug-likeness (QED) is 0.484. The Morgan fingerprint density at radius 2 is 1.77 bits per heavy atom. The van der Waals surface area contributed by atoms with Crippen molar-refractivity contribution in [1.29, 1.82) is 0 Å². The van der Waals surface area contributed by atoms with Gasteiger partial charge in [-0.25, -0.2) is 4.98 Å². The van der Waals surface area contributed by atoms with E-state index in [0.717, 1.165) is 6.20 Å². The first-order valence-corrected chi connectivity index (χ1v) is 3.68. The summed E-state index contributed by atoms with van der Waals surface area (Å²) in [7, 11) is 0. The van der Waals surface area contributed by atoms with Gasteiger partial charge in [-0.1, -0.05) is 34.7 Å². The molecule has 0 aliphatic rings. The molecule has 8 heteroatoms. The number of halogens is 5. The summed E-state index contributed by atoms with van der Waals surface area (Å²) < 4.78 is 36.4. The molecule has 1 nitrogen and oxygen atoms in total. The van der Waals surface area contributed by atoms with Crippen LogP contribution in [-0.2, 0) is 0 Å². The van der Waals surface area contributed by atoms with Gasteiger partial charge in [-0.05, 0) is 0 Å². The van der Waals surface area contributed by atoms with Crippen LogP contribution in [0.15, 0.2) is 12.3 Å². The molecule has 0 aliphatic heterocycles. The fraction of sp³-hybridized carbons (Fsp3) is 0. The van der Waals surface area contributed by atoms with Crippen LogP contribution in [0, 0.1) is 0 Å². The van der Waals surface area contributed by atoms with Gasteiger partial charge in [0.1, 0.15) is 5.15 Å². The van der Waals surface area contributed by atoms with E-state index < -0.39 is 17.5 Å². The number of hydrogen-bond acceptors (Lipinski definition) is 1. The second kappa shape index (κ2) is 5.34. The topological polar surface area (TPSA) is 12.9 Å². The molecule has 1 heterocycles. The zero-order valence-corrected chi connectivity index (χ0v) is 11.2. The minimum Gasteiger partial charge on any atom is -0.445 e. The Morgan fingerprint density at radius 1 is 1.23 bits per heavy atom. The number of pyridine rings is 1. The normalized spacial score (nSPS) is 10.8. The summed E-state index contributed by atoms with van der Waals surface area (Å²) >= 11 is 10.5. The van der Waals surface area contributed by atoms with E-state index in [-0.39, 0.29) is 56.5 Å². The average molecular weight is 254 g/mol. The fourth-order valence-corrected chi connectivity index (χ4v) is 1.07. The van der Waals surface area contributed by atoms with Crippen LogP contribution in [-0.4, -0.2) is 12.0 Å². The molecule has 1 aromatic heterocycles. The minimum absolute atomic E-state index is 0. The maximum absolute atomic E-state index is 12.1. The van der Waals surface area contributed by atoms with Crippen molar-refractivity contribution in [2.75, 3.05) is 0 Å². The van der Waals surface area contributed by atoms with Gasteiger partial charge in [-0.15, -0.1) is 0 Å². The van der Waals surface area contributed by atoms with Crippen LogP contribution in [0.2, 0.25) is 10.2 Å². The molecule has 0 spiro atoms. The van der Waals surface area contributed by atoms with Gasteiger partial charge in [0.05, 0.1) is 0 Å². The van der Waals surface area contributed by atoms with Crippen molar-refractivity contribution >= 4 is 35.6 Å². The third-order valence-corrected chi connectivity index (χ3v) is 1.73. The van der Waals surface area contributed by atoms with Gasteiger partial charge < -0.3 is 12.9 Å². The molecule has 1 aromatic rings. The smallest absolute Gasteiger partial charge is 0.445 e. The largest absolute Gasteiger partial charge is 1.00 e. The van der Waals surface area contributed by atoms with E-state index in [2.05, 4.69) is 4.98 Å². The predicted molar refractivity (Wildman–Crippen MR) is 43.0 cm³/mol. The molecule has 1 rings (SSSR count). The number of aromatic nitrogens is 1. The first-order valence-electron chi connectivity index (χ1n) is 2.92. The van der Waals surface area contributed by atoms with Crippen LogP contribution in [0.1, 0.15) is 0 Å². The Kier molecular flexibility index (Phi) is 5.85. The molecule has 13 heavy (non-hydrogen) atoms. The summed E-state index contributed by atoms with van der Waals surface area (Å²) in [6.07, 6.45) is 0.883. The number of rotatable bonds is 1. The van der Waals surface area contributed by atoms with Gasteiger partial charge in [-0.2, -0.15) is 0 Å². The van der Waals surface area contributed by atoms with E-state index in [1.165, 1.54) is 0 Å². The van der Waals surface area contributed by atoms with Crippen LogP contribution in [0.25, 0.3) is 0 Å². The van der Waals surface area contributed by atoms with Crippen LogP contribution in [0.4, 0.5) is 12.9 Å². The average Bonchev–Trinajstić information content (AvgIpc) is 1.92. The summed E-state index contributed by atoms with van der Waals surface area (Å²) in [4.78, 5) is 3.40. The zero-order chi connectivity index (χ0) is 9.35. The molecular formula is C5H2BCl2F3KN. The molecule has 0 saturated heterocycles. The van der Waals surface area contributed by atoms with Gasteiger partial charge in [0.2, 0.25) is 0 Å². The standard InChI is InChI=1S/C5H2BCl2F3N.K/c7-4-2-12-5(8)1-3(4)6(9,10)11;/h1-2H;/q-1;+1. The van der Waals surface area contributed by atoms with E-state index in [4.69, 9.17) is 23.2 Å². The molecule has 66 valence electrons. The SMILES string of the molecule is F[B-](F)(F)c1cc(Cl)ncc1Cl.[K+]. The second-order valence-electron chi connectivity index (χ2n) is 2.10. The van der Waals surface area contributed by atoms with Crippen molar-refractivity contribution in [2.24, 2.45) is 0 Å². The van der Waals surface area contributed by atoms with Gasteiger partial charge in [-0.3, -0.25) is 0 Å². The zero-order valence-electron chi connectivity index (χ0n) is 6.57. The molecule has 0 bridgehead atoms. The molecule has 0 N–H and O–H groups in total. The Hall–Kier alpha value is 1.22. The summed E-state index contributed by atoms with van der Waals surface area (Å²) in [6, 6.07) is 0.712. The molecule has 0 radical (unpaired) electrons. The van der Waals surface area contributed by atoms with E-state index in [0.29, 0.717) is 6.07 Å². The second-order valence-corrected chi connectivity index (χ2v) is 2.90. The van der Waals surface area contributed by atoms with Gasteiger partial charge in [0.15, 0.2) is 0 Å². The molecule has 0 atom stereocenters.